The molecule has 2 nitrogen and oxygen atoms in total. The quantitative estimate of drug-likeness (QED) is 0.515. The van der Waals surface area contributed by atoms with Crippen LogP contribution in [0.5, 0.6) is 0 Å². The first kappa shape index (κ1) is 13.9. The van der Waals surface area contributed by atoms with Crippen molar-refractivity contribution in [2.24, 2.45) is 5.41 Å². The fourth-order valence-electron chi connectivity index (χ4n) is 2.60. The van der Waals surface area contributed by atoms with E-state index in [9.17, 15) is 0 Å². The van der Waals surface area contributed by atoms with Crippen LogP contribution in [0.4, 0.5) is 0 Å². The van der Waals surface area contributed by atoms with E-state index in [1.165, 1.54) is 38.3 Å². The standard InChI is InChI=1S/C11H20NO.CH3.Lr/c1-10-7-11(9-13-8-10)3-5-12(2)6-4-11;;/h3-9H2,1-2H3;1H3;/q2*-1;. The van der Waals surface area contributed by atoms with Crippen molar-refractivity contribution in [3.63, 3.8) is 0 Å². The predicted octanol–water partition coefficient (Wildman–Crippen LogP) is 2.16. The largest absolute Gasteiger partial charge is 0.412 e. The third-order valence-electron chi connectivity index (χ3n) is 3.48. The van der Waals surface area contributed by atoms with Crippen LogP contribution in [0.15, 0.2) is 0 Å². The number of ether oxygens (including phenoxy) is 1. The van der Waals surface area contributed by atoms with Gasteiger partial charge in [-0.2, -0.15) is 13.3 Å². The first-order chi connectivity index (χ1) is 6.20. The Bertz CT molecular complexity index is 178. The summed E-state index contributed by atoms with van der Waals surface area (Å²) in [5, 5.41) is 0. The number of rotatable bonds is 0. The Balaban J connectivity index is 0.000000980. The zero-order valence-electron chi connectivity index (χ0n) is 10.1. The Kier molecular flexibility index (Phi) is 4.76. The monoisotopic (exact) mass is 459 g/mol. The maximum absolute atomic E-state index is 5.65. The van der Waals surface area contributed by atoms with Crippen molar-refractivity contribution in [1.29, 1.82) is 0 Å². The summed E-state index contributed by atoms with van der Waals surface area (Å²) in [6, 6.07) is 0. The maximum Gasteiger partial charge on any atom is 0.0463 e. The second-order valence-electron chi connectivity index (χ2n) is 4.93. The summed E-state index contributed by atoms with van der Waals surface area (Å²) in [6.45, 7) is 6.63. The number of likely N-dealkylation sites (tertiary alicyclic amines) is 1. The third kappa shape index (κ3) is 2.93. The van der Waals surface area contributed by atoms with Gasteiger partial charge in [-0.1, -0.05) is 6.61 Å². The Morgan fingerprint density at radius 3 is 2.40 bits per heavy atom. The van der Waals surface area contributed by atoms with Crippen molar-refractivity contribution in [3.05, 3.63) is 13.3 Å². The van der Waals surface area contributed by atoms with E-state index in [1.807, 2.05) is 0 Å². The second-order valence-corrected chi connectivity index (χ2v) is 4.93. The van der Waals surface area contributed by atoms with Gasteiger partial charge in [0.05, 0.1) is 0 Å². The molecular weight excluding hydrogens is 436 g/mol. The molecule has 0 aromatic rings. The minimum Gasteiger partial charge on any atom is -0.412 e. The summed E-state index contributed by atoms with van der Waals surface area (Å²) in [6.07, 6.45) is 3.95. The minimum absolute atomic E-state index is 0. The van der Waals surface area contributed by atoms with Crippen molar-refractivity contribution in [3.8, 4) is 0 Å². The molecule has 2 saturated heterocycles. The molecule has 1 spiro atoms. The average Bonchev–Trinajstić information content (AvgIpc) is 2.11. The number of nitrogens with zero attached hydrogens (tertiary/aromatic N) is 1. The molecule has 0 aliphatic carbocycles. The first-order valence-corrected chi connectivity index (χ1v) is 5.28. The van der Waals surface area contributed by atoms with E-state index in [0.29, 0.717) is 5.41 Å². The minimum atomic E-state index is 0. The molecule has 99 valence electrons. The van der Waals surface area contributed by atoms with Crippen LogP contribution in [0.2, 0.25) is 0 Å². The summed E-state index contributed by atoms with van der Waals surface area (Å²) in [5.41, 5.74) is 0.509. The first-order valence-electron chi connectivity index (χ1n) is 5.28. The SMILES string of the molecule is C[C-]1COCC2(CCN(C)CC2)C1.[CH3-].[Lr]. The molecule has 0 unspecified atom stereocenters. The van der Waals surface area contributed by atoms with Gasteiger partial charge in [-0.3, -0.25) is 5.92 Å². The van der Waals surface area contributed by atoms with Crippen LogP contribution < -0.4 is 0 Å². The molecule has 1 radical (unpaired) electrons. The van der Waals surface area contributed by atoms with Crippen LogP contribution in [0.3, 0.4) is 0 Å². The zero-order valence-corrected chi connectivity index (χ0v) is 12.2. The van der Waals surface area contributed by atoms with Crippen LogP contribution in [0, 0.1) is 18.8 Å². The van der Waals surface area contributed by atoms with Gasteiger partial charge in [0, 0.05) is 6.61 Å². The molecule has 0 N–H and O–H groups in total. The zero-order chi connectivity index (χ0) is 9.31. The molecule has 0 saturated carbocycles. The van der Waals surface area contributed by atoms with E-state index < -0.39 is 0 Å². The summed E-state index contributed by atoms with van der Waals surface area (Å²) in [7, 11) is 2.22. The van der Waals surface area contributed by atoms with E-state index in [-0.39, 0.29) is 7.43 Å². The van der Waals surface area contributed by atoms with Crippen molar-refractivity contribution in [2.75, 3.05) is 33.4 Å². The van der Waals surface area contributed by atoms with E-state index in [1.54, 1.807) is 0 Å². The summed E-state index contributed by atoms with van der Waals surface area (Å²) in [4.78, 5) is 2.43. The molecule has 2 aliphatic heterocycles. The van der Waals surface area contributed by atoms with Gasteiger partial charge >= 0.3 is 0 Å². The molecule has 2 fully saturated rings. The van der Waals surface area contributed by atoms with Crippen LogP contribution in [-0.2, 0) is 4.74 Å². The molecule has 0 bridgehead atoms. The fourth-order valence-corrected chi connectivity index (χ4v) is 2.60. The van der Waals surface area contributed by atoms with Crippen LogP contribution >= 0.6 is 0 Å². The smallest absolute Gasteiger partial charge is 0.0463 e. The molecule has 2 heterocycles. The van der Waals surface area contributed by atoms with Gasteiger partial charge in [-0.05, 0) is 38.4 Å². The predicted molar refractivity (Wildman–Crippen MR) is 59.9 cm³/mol. The van der Waals surface area contributed by atoms with E-state index in [0.717, 1.165) is 13.2 Å². The maximum atomic E-state index is 5.65. The molecular formula is C12H23LrNO-2. The fraction of sp³-hybridized carbons (Fsp3) is 0.833. The number of hydrogen-bond donors (Lipinski definition) is 0. The van der Waals surface area contributed by atoms with Gasteiger partial charge in [0.25, 0.3) is 0 Å². The molecule has 15 heavy (non-hydrogen) atoms. The summed E-state index contributed by atoms with van der Waals surface area (Å²) in [5.74, 6) is 1.54. The molecule has 0 aromatic carbocycles. The van der Waals surface area contributed by atoms with Crippen molar-refractivity contribution >= 4 is 0 Å². The van der Waals surface area contributed by atoms with Crippen molar-refractivity contribution < 1.29 is 4.74 Å². The Morgan fingerprint density at radius 1 is 1.27 bits per heavy atom. The average molecular weight is 459 g/mol. The van der Waals surface area contributed by atoms with Gasteiger partial charge < -0.3 is 17.1 Å². The molecule has 0 atom stereocenters. The molecule has 3 heteroatoms. The van der Waals surface area contributed by atoms with Crippen LogP contribution in [-0.4, -0.2) is 38.3 Å². The van der Waals surface area contributed by atoms with Crippen LogP contribution in [0.1, 0.15) is 26.2 Å². The molecule has 0 amide bonds. The van der Waals surface area contributed by atoms with Gasteiger partial charge in [-0.25, -0.2) is 0 Å². The summed E-state index contributed by atoms with van der Waals surface area (Å²) >= 11 is 0. The normalized spacial score (nSPS) is 26.8. The Morgan fingerprint density at radius 2 is 1.87 bits per heavy atom. The van der Waals surface area contributed by atoms with Crippen molar-refractivity contribution in [1.82, 2.24) is 4.90 Å². The number of piperidine rings is 1. The van der Waals surface area contributed by atoms with E-state index in [4.69, 9.17) is 4.74 Å². The topological polar surface area (TPSA) is 12.5 Å². The molecule has 2 rings (SSSR count). The van der Waals surface area contributed by atoms with E-state index in [2.05, 4.69) is 18.9 Å². The molecule has 0 aromatic heterocycles. The van der Waals surface area contributed by atoms with Crippen molar-refractivity contribution in [2.45, 2.75) is 26.2 Å². The van der Waals surface area contributed by atoms with Gasteiger partial charge in [0.1, 0.15) is 0 Å². The van der Waals surface area contributed by atoms with E-state index >= 15 is 0 Å². The van der Waals surface area contributed by atoms with Gasteiger partial charge in [0.15, 0.2) is 0 Å². The summed E-state index contributed by atoms with van der Waals surface area (Å²) < 4.78 is 5.65. The Labute approximate surface area is 88.6 Å². The third-order valence-corrected chi connectivity index (χ3v) is 3.48. The second kappa shape index (κ2) is 5.13. The number of hydrogen-bond acceptors (Lipinski definition) is 2. The van der Waals surface area contributed by atoms with Crippen LogP contribution in [0.25, 0.3) is 0 Å². The molecule has 2 aliphatic rings. The van der Waals surface area contributed by atoms with Gasteiger partial charge in [0.2, 0.25) is 0 Å². The Hall–Kier alpha value is -1.08. The van der Waals surface area contributed by atoms with Gasteiger partial charge in [-0.15, -0.1) is 0 Å².